The summed E-state index contributed by atoms with van der Waals surface area (Å²) in [6.07, 6.45) is -4.59. The Bertz CT molecular complexity index is 596. The fourth-order valence-corrected chi connectivity index (χ4v) is 2.56. The molecular formula is C15H17F3N2O3. The van der Waals surface area contributed by atoms with Gasteiger partial charge in [-0.3, -0.25) is 14.5 Å². The van der Waals surface area contributed by atoms with Gasteiger partial charge in [-0.2, -0.15) is 13.2 Å². The smallest absolute Gasteiger partial charge is 0.417 e. The Morgan fingerprint density at radius 3 is 2.22 bits per heavy atom. The van der Waals surface area contributed by atoms with Crippen molar-refractivity contribution >= 4 is 11.9 Å². The highest BCUT2D eigenvalue weighted by atomic mass is 19.4. The molecule has 0 saturated carbocycles. The van der Waals surface area contributed by atoms with Crippen molar-refractivity contribution in [3.05, 3.63) is 35.4 Å². The van der Waals surface area contributed by atoms with Crippen LogP contribution in [0.4, 0.5) is 13.2 Å². The van der Waals surface area contributed by atoms with E-state index >= 15 is 0 Å². The number of hydrogen-bond donors (Lipinski definition) is 1. The molecule has 5 nitrogen and oxygen atoms in total. The van der Waals surface area contributed by atoms with Crippen LogP contribution < -0.4 is 0 Å². The summed E-state index contributed by atoms with van der Waals surface area (Å²) in [5.74, 6) is -1.65. The van der Waals surface area contributed by atoms with E-state index in [1.807, 2.05) is 0 Å². The number of carboxylic acid groups (broad SMARTS) is 1. The van der Waals surface area contributed by atoms with Crippen LogP contribution >= 0.6 is 0 Å². The van der Waals surface area contributed by atoms with Gasteiger partial charge in [0, 0.05) is 26.2 Å². The Balaban J connectivity index is 2.11. The van der Waals surface area contributed by atoms with Gasteiger partial charge in [0.15, 0.2) is 0 Å². The van der Waals surface area contributed by atoms with E-state index in [-0.39, 0.29) is 18.7 Å². The Hall–Kier alpha value is -2.09. The van der Waals surface area contributed by atoms with Crippen molar-refractivity contribution in [3.63, 3.8) is 0 Å². The second kappa shape index (κ2) is 6.57. The molecule has 0 unspecified atom stereocenters. The molecule has 1 N–H and O–H groups in total. The van der Waals surface area contributed by atoms with Crippen molar-refractivity contribution in [3.8, 4) is 0 Å². The van der Waals surface area contributed by atoms with Gasteiger partial charge in [-0.05, 0) is 19.1 Å². The molecule has 1 aliphatic rings. The topological polar surface area (TPSA) is 60.9 Å². The fraction of sp³-hybridized carbons (Fsp3) is 0.467. The van der Waals surface area contributed by atoms with Crippen LogP contribution in [0.5, 0.6) is 0 Å². The summed E-state index contributed by atoms with van der Waals surface area (Å²) in [4.78, 5) is 26.3. The van der Waals surface area contributed by atoms with Gasteiger partial charge >= 0.3 is 12.1 Å². The number of halogens is 3. The molecule has 0 aromatic heterocycles. The third-order valence-corrected chi connectivity index (χ3v) is 3.97. The van der Waals surface area contributed by atoms with Crippen molar-refractivity contribution in [1.29, 1.82) is 0 Å². The van der Waals surface area contributed by atoms with Crippen LogP contribution in [0.25, 0.3) is 0 Å². The molecule has 2 rings (SSSR count). The average molecular weight is 330 g/mol. The third kappa shape index (κ3) is 3.82. The molecule has 0 radical (unpaired) electrons. The Morgan fingerprint density at radius 2 is 1.70 bits per heavy atom. The lowest BCUT2D eigenvalue weighted by molar-refractivity contribution is -0.143. The number of aliphatic carboxylic acids is 1. The summed E-state index contributed by atoms with van der Waals surface area (Å²) in [6, 6.07) is 4.00. The monoisotopic (exact) mass is 330 g/mol. The number of rotatable bonds is 3. The molecule has 0 bridgehead atoms. The molecule has 1 atom stereocenters. The zero-order valence-electron chi connectivity index (χ0n) is 12.5. The van der Waals surface area contributed by atoms with Gasteiger partial charge < -0.3 is 10.0 Å². The highest BCUT2D eigenvalue weighted by Crippen LogP contribution is 2.32. The van der Waals surface area contributed by atoms with Gasteiger partial charge in [0.2, 0.25) is 0 Å². The summed E-state index contributed by atoms with van der Waals surface area (Å²) in [5, 5.41) is 8.97. The molecule has 1 fully saturated rings. The van der Waals surface area contributed by atoms with Gasteiger partial charge in [0.1, 0.15) is 6.04 Å². The van der Waals surface area contributed by atoms with E-state index < -0.39 is 29.7 Å². The number of alkyl halides is 3. The molecule has 1 aromatic rings. The normalized spacial score (nSPS) is 17.8. The summed E-state index contributed by atoms with van der Waals surface area (Å²) < 4.78 is 39.0. The maximum atomic E-state index is 13.0. The average Bonchev–Trinajstić information content (AvgIpc) is 2.52. The molecule has 1 heterocycles. The lowest BCUT2D eigenvalue weighted by atomic mass is 10.1. The molecule has 1 aliphatic heterocycles. The zero-order chi connectivity index (χ0) is 17.2. The molecule has 1 amide bonds. The second-order valence-electron chi connectivity index (χ2n) is 5.39. The molecular weight excluding hydrogens is 313 g/mol. The SMILES string of the molecule is C[C@H](C(=O)O)N1CCN(C(=O)c2ccccc2C(F)(F)F)CC1. The minimum absolute atomic E-state index is 0.197. The Kier molecular flexibility index (Phi) is 4.93. The molecule has 0 spiro atoms. The summed E-state index contributed by atoms with van der Waals surface area (Å²) in [5.41, 5.74) is -1.33. The molecule has 8 heteroatoms. The minimum Gasteiger partial charge on any atom is -0.480 e. The first-order valence-corrected chi connectivity index (χ1v) is 7.14. The van der Waals surface area contributed by atoms with Crippen molar-refractivity contribution in [1.82, 2.24) is 9.80 Å². The number of carbonyl (C=O) groups is 2. The Labute approximate surface area is 131 Å². The van der Waals surface area contributed by atoms with Crippen molar-refractivity contribution in [2.75, 3.05) is 26.2 Å². The summed E-state index contributed by atoms with van der Waals surface area (Å²) in [6.45, 7) is 2.56. The third-order valence-electron chi connectivity index (χ3n) is 3.97. The minimum atomic E-state index is -4.59. The highest BCUT2D eigenvalue weighted by Gasteiger charge is 2.36. The van der Waals surface area contributed by atoms with Crippen molar-refractivity contribution < 1.29 is 27.9 Å². The van der Waals surface area contributed by atoms with Crippen LogP contribution in [0.2, 0.25) is 0 Å². The van der Waals surface area contributed by atoms with Gasteiger partial charge in [-0.1, -0.05) is 12.1 Å². The number of piperazine rings is 1. The van der Waals surface area contributed by atoms with E-state index in [4.69, 9.17) is 5.11 Å². The van der Waals surface area contributed by atoms with Crippen LogP contribution in [-0.4, -0.2) is 59.0 Å². The van der Waals surface area contributed by atoms with Gasteiger partial charge in [-0.25, -0.2) is 0 Å². The van der Waals surface area contributed by atoms with E-state index in [2.05, 4.69) is 0 Å². The summed E-state index contributed by atoms with van der Waals surface area (Å²) in [7, 11) is 0. The van der Waals surface area contributed by atoms with E-state index in [0.29, 0.717) is 13.1 Å². The van der Waals surface area contributed by atoms with Gasteiger partial charge in [-0.15, -0.1) is 0 Å². The molecule has 1 aromatic carbocycles. The lowest BCUT2D eigenvalue weighted by Gasteiger charge is -2.36. The molecule has 1 saturated heterocycles. The van der Waals surface area contributed by atoms with Crippen LogP contribution in [0, 0.1) is 0 Å². The van der Waals surface area contributed by atoms with E-state index in [0.717, 1.165) is 12.1 Å². The van der Waals surface area contributed by atoms with Crippen molar-refractivity contribution in [2.45, 2.75) is 19.1 Å². The van der Waals surface area contributed by atoms with E-state index in [1.165, 1.54) is 17.0 Å². The molecule has 126 valence electrons. The molecule has 23 heavy (non-hydrogen) atoms. The fourth-order valence-electron chi connectivity index (χ4n) is 2.56. The van der Waals surface area contributed by atoms with Crippen LogP contribution in [0.15, 0.2) is 24.3 Å². The van der Waals surface area contributed by atoms with Crippen LogP contribution in [0.3, 0.4) is 0 Å². The summed E-state index contributed by atoms with van der Waals surface area (Å²) >= 11 is 0. The predicted molar refractivity (Wildman–Crippen MR) is 76.0 cm³/mol. The quantitative estimate of drug-likeness (QED) is 0.920. The number of benzene rings is 1. The second-order valence-corrected chi connectivity index (χ2v) is 5.39. The van der Waals surface area contributed by atoms with Crippen LogP contribution in [-0.2, 0) is 11.0 Å². The zero-order valence-corrected chi connectivity index (χ0v) is 12.5. The van der Waals surface area contributed by atoms with Crippen LogP contribution in [0.1, 0.15) is 22.8 Å². The first-order valence-electron chi connectivity index (χ1n) is 7.14. The molecule has 0 aliphatic carbocycles. The van der Waals surface area contributed by atoms with Crippen molar-refractivity contribution in [2.24, 2.45) is 0 Å². The number of nitrogens with zero attached hydrogens (tertiary/aromatic N) is 2. The largest absolute Gasteiger partial charge is 0.480 e. The highest BCUT2D eigenvalue weighted by molar-refractivity contribution is 5.96. The number of carboxylic acids is 1. The van der Waals surface area contributed by atoms with E-state index in [9.17, 15) is 22.8 Å². The number of carbonyl (C=O) groups excluding carboxylic acids is 1. The lowest BCUT2D eigenvalue weighted by Crippen LogP contribution is -2.53. The van der Waals surface area contributed by atoms with Gasteiger partial charge in [0.05, 0.1) is 11.1 Å². The number of hydrogen-bond acceptors (Lipinski definition) is 3. The maximum Gasteiger partial charge on any atom is 0.417 e. The first kappa shape index (κ1) is 17.3. The van der Waals surface area contributed by atoms with Gasteiger partial charge in [0.25, 0.3) is 5.91 Å². The predicted octanol–water partition coefficient (Wildman–Crippen LogP) is 1.94. The standard InChI is InChI=1S/C15H17F3N2O3/c1-10(14(22)23)19-6-8-20(9-7-19)13(21)11-4-2-3-5-12(11)15(16,17)18/h2-5,10H,6-9H2,1H3,(H,22,23)/t10-/m1/s1. The van der Waals surface area contributed by atoms with E-state index in [1.54, 1.807) is 11.8 Å². The first-order chi connectivity index (χ1) is 10.7. The number of amides is 1. The maximum absolute atomic E-state index is 13.0. The Morgan fingerprint density at radius 1 is 1.13 bits per heavy atom.